The van der Waals surface area contributed by atoms with E-state index in [1.165, 1.54) is 0 Å². The Morgan fingerprint density at radius 1 is 0.926 bits per heavy atom. The third-order valence-corrected chi connectivity index (χ3v) is 3.74. The number of nitrogens with one attached hydrogen (secondary N) is 2. The maximum absolute atomic E-state index is 12.9. The molecular formula is C20H22ClN3O3. The molecule has 0 aliphatic carbocycles. The molecule has 0 fully saturated rings. The monoisotopic (exact) mass is 387 g/mol. The van der Waals surface area contributed by atoms with E-state index in [0.29, 0.717) is 23.0 Å². The van der Waals surface area contributed by atoms with Crippen LogP contribution in [0.3, 0.4) is 0 Å². The molecule has 142 valence electrons. The minimum absolute atomic E-state index is 0.124. The molecule has 2 rings (SSSR count). The van der Waals surface area contributed by atoms with Gasteiger partial charge in [-0.15, -0.1) is 0 Å². The average Bonchev–Trinajstić information content (AvgIpc) is 2.64. The van der Waals surface area contributed by atoms with Gasteiger partial charge in [0.15, 0.2) is 5.57 Å². The van der Waals surface area contributed by atoms with E-state index in [1.807, 2.05) is 6.07 Å². The molecule has 0 atom stereocenters. The average molecular weight is 388 g/mol. The van der Waals surface area contributed by atoms with Gasteiger partial charge in [0.1, 0.15) is 0 Å². The minimum Gasteiger partial charge on any atom is -0.479 e. The van der Waals surface area contributed by atoms with Crippen LogP contribution in [0.4, 0.5) is 11.4 Å². The van der Waals surface area contributed by atoms with Crippen LogP contribution in [-0.2, 0) is 14.3 Å². The Bertz CT molecular complexity index is 818. The number of rotatable bonds is 7. The zero-order chi connectivity index (χ0) is 19.8. The first-order valence-corrected chi connectivity index (χ1v) is 8.78. The number of nitrogens with zero attached hydrogens (tertiary/aromatic N) is 1. The molecular weight excluding hydrogens is 366 g/mol. The lowest BCUT2D eigenvalue weighted by Crippen LogP contribution is -2.31. The van der Waals surface area contributed by atoms with Gasteiger partial charge in [-0.1, -0.05) is 29.8 Å². The van der Waals surface area contributed by atoms with Crippen molar-refractivity contribution in [3.63, 3.8) is 0 Å². The van der Waals surface area contributed by atoms with Crippen molar-refractivity contribution in [2.24, 2.45) is 0 Å². The van der Waals surface area contributed by atoms with Gasteiger partial charge in [0, 0.05) is 30.5 Å². The van der Waals surface area contributed by atoms with Crippen LogP contribution >= 0.6 is 11.6 Å². The zero-order valence-corrected chi connectivity index (χ0v) is 16.2. The van der Waals surface area contributed by atoms with Gasteiger partial charge in [-0.25, -0.2) is 0 Å². The van der Waals surface area contributed by atoms with Crippen molar-refractivity contribution < 1.29 is 14.3 Å². The van der Waals surface area contributed by atoms with Crippen molar-refractivity contribution >= 4 is 34.8 Å². The van der Waals surface area contributed by atoms with Crippen LogP contribution in [-0.4, -0.2) is 37.4 Å². The highest BCUT2D eigenvalue weighted by Gasteiger charge is 2.26. The van der Waals surface area contributed by atoms with Gasteiger partial charge in [-0.3, -0.25) is 9.59 Å². The van der Waals surface area contributed by atoms with Crippen LogP contribution in [0.2, 0.25) is 5.02 Å². The number of hydrogen-bond donors (Lipinski definition) is 2. The fraction of sp³-hybridized carbons (Fsp3) is 0.200. The van der Waals surface area contributed by atoms with Gasteiger partial charge in [0.2, 0.25) is 5.88 Å². The first-order valence-electron chi connectivity index (χ1n) is 8.40. The van der Waals surface area contributed by atoms with E-state index in [2.05, 4.69) is 10.6 Å². The fourth-order valence-electron chi connectivity index (χ4n) is 2.30. The highest BCUT2D eigenvalue weighted by molar-refractivity contribution is 6.30. The Balaban J connectivity index is 2.36. The second-order valence-corrected chi connectivity index (χ2v) is 6.23. The van der Waals surface area contributed by atoms with E-state index < -0.39 is 11.8 Å². The summed E-state index contributed by atoms with van der Waals surface area (Å²) < 4.78 is 5.57. The molecule has 0 radical (unpaired) electrons. The molecule has 2 aromatic carbocycles. The summed E-state index contributed by atoms with van der Waals surface area (Å²) in [5.41, 5.74) is 0.971. The topological polar surface area (TPSA) is 70.7 Å². The standard InChI is InChI=1S/C20H22ClN3O3/c1-4-27-20(24(2)3)17(18(25)22-15-8-6-5-7-9-15)19(26)23-16-12-10-14(21)11-13-16/h5-13H,4H2,1-3H3,(H,22,25)(H,23,26)/b20-17+. The predicted octanol–water partition coefficient (Wildman–Crippen LogP) is 3.73. The van der Waals surface area contributed by atoms with Crippen molar-refractivity contribution in [3.8, 4) is 0 Å². The smallest absolute Gasteiger partial charge is 0.266 e. The highest BCUT2D eigenvalue weighted by atomic mass is 35.5. The molecule has 0 aliphatic rings. The molecule has 2 amide bonds. The van der Waals surface area contributed by atoms with Crippen LogP contribution in [0.15, 0.2) is 66.1 Å². The van der Waals surface area contributed by atoms with Gasteiger partial charge in [0.05, 0.1) is 6.61 Å². The second-order valence-electron chi connectivity index (χ2n) is 5.79. The Morgan fingerprint density at radius 3 is 1.93 bits per heavy atom. The molecule has 27 heavy (non-hydrogen) atoms. The van der Waals surface area contributed by atoms with Crippen LogP contribution in [0, 0.1) is 0 Å². The molecule has 2 aromatic rings. The van der Waals surface area contributed by atoms with E-state index in [9.17, 15) is 9.59 Å². The Hall–Kier alpha value is -2.99. The van der Waals surface area contributed by atoms with Crippen molar-refractivity contribution in [2.75, 3.05) is 31.3 Å². The van der Waals surface area contributed by atoms with Crippen molar-refractivity contribution in [3.05, 3.63) is 71.1 Å². The number of para-hydroxylation sites is 1. The molecule has 0 aliphatic heterocycles. The SMILES string of the molecule is CCO/C(=C(\C(=O)Nc1ccccc1)C(=O)Nc1ccc(Cl)cc1)N(C)C. The van der Waals surface area contributed by atoms with Gasteiger partial charge in [-0.2, -0.15) is 0 Å². The number of carbonyl (C=O) groups is 2. The van der Waals surface area contributed by atoms with E-state index in [-0.39, 0.29) is 11.5 Å². The maximum atomic E-state index is 12.9. The first kappa shape index (κ1) is 20.3. The summed E-state index contributed by atoms with van der Waals surface area (Å²) in [7, 11) is 3.41. The summed E-state index contributed by atoms with van der Waals surface area (Å²) in [6.07, 6.45) is 0. The van der Waals surface area contributed by atoms with Crippen molar-refractivity contribution in [2.45, 2.75) is 6.92 Å². The number of halogens is 1. The summed E-state index contributed by atoms with van der Waals surface area (Å²) in [6, 6.07) is 15.5. The van der Waals surface area contributed by atoms with Crippen LogP contribution in [0.5, 0.6) is 0 Å². The summed E-state index contributed by atoms with van der Waals surface area (Å²) >= 11 is 5.87. The Morgan fingerprint density at radius 2 is 1.44 bits per heavy atom. The molecule has 0 spiro atoms. The third-order valence-electron chi connectivity index (χ3n) is 3.49. The number of carbonyl (C=O) groups excluding carboxylic acids is 2. The van der Waals surface area contributed by atoms with E-state index in [0.717, 1.165) is 0 Å². The minimum atomic E-state index is -0.581. The van der Waals surface area contributed by atoms with Gasteiger partial charge < -0.3 is 20.3 Å². The Labute approximate surface area is 163 Å². The lowest BCUT2D eigenvalue weighted by molar-refractivity contribution is -0.119. The largest absolute Gasteiger partial charge is 0.479 e. The summed E-state index contributed by atoms with van der Waals surface area (Å²) in [5, 5.41) is 5.98. The molecule has 0 aromatic heterocycles. The summed E-state index contributed by atoms with van der Waals surface area (Å²) in [6.45, 7) is 2.09. The maximum Gasteiger partial charge on any atom is 0.266 e. The molecule has 2 N–H and O–H groups in total. The lowest BCUT2D eigenvalue weighted by atomic mass is 10.2. The van der Waals surface area contributed by atoms with E-state index >= 15 is 0 Å². The number of ether oxygens (including phenoxy) is 1. The second kappa shape index (κ2) is 9.64. The van der Waals surface area contributed by atoms with Crippen LogP contribution in [0.1, 0.15) is 6.92 Å². The number of benzene rings is 2. The number of anilines is 2. The van der Waals surface area contributed by atoms with Crippen LogP contribution in [0.25, 0.3) is 0 Å². The van der Waals surface area contributed by atoms with E-state index in [1.54, 1.807) is 74.4 Å². The summed E-state index contributed by atoms with van der Waals surface area (Å²) in [4.78, 5) is 27.3. The fourth-order valence-corrected chi connectivity index (χ4v) is 2.43. The molecule has 0 unspecified atom stereocenters. The molecule has 7 heteroatoms. The van der Waals surface area contributed by atoms with Gasteiger partial charge >= 0.3 is 0 Å². The zero-order valence-electron chi connectivity index (χ0n) is 15.5. The molecule has 0 saturated carbocycles. The van der Waals surface area contributed by atoms with Crippen molar-refractivity contribution in [1.29, 1.82) is 0 Å². The number of hydrogen-bond acceptors (Lipinski definition) is 4. The quantitative estimate of drug-likeness (QED) is 0.329. The molecule has 0 heterocycles. The highest BCUT2D eigenvalue weighted by Crippen LogP contribution is 2.18. The summed E-state index contributed by atoms with van der Waals surface area (Å²) in [5.74, 6) is -0.967. The van der Waals surface area contributed by atoms with Gasteiger partial charge in [0.25, 0.3) is 11.8 Å². The predicted molar refractivity (Wildman–Crippen MR) is 107 cm³/mol. The first-order chi connectivity index (χ1) is 12.9. The van der Waals surface area contributed by atoms with E-state index in [4.69, 9.17) is 16.3 Å². The Kier molecular flexibility index (Phi) is 7.25. The molecule has 0 bridgehead atoms. The van der Waals surface area contributed by atoms with Crippen LogP contribution < -0.4 is 10.6 Å². The number of amides is 2. The molecule has 0 saturated heterocycles. The lowest BCUT2D eigenvalue weighted by Gasteiger charge is -2.21. The third kappa shape index (κ3) is 5.76. The molecule has 6 nitrogen and oxygen atoms in total. The van der Waals surface area contributed by atoms with Gasteiger partial charge in [-0.05, 0) is 43.3 Å². The normalized spacial score (nSPS) is 11.3. The van der Waals surface area contributed by atoms with Crippen molar-refractivity contribution in [1.82, 2.24) is 4.90 Å².